The molecule has 0 saturated carbocycles. The number of hydrogen-bond acceptors (Lipinski definition) is 3. The molecule has 18 heavy (non-hydrogen) atoms. The van der Waals surface area contributed by atoms with Gasteiger partial charge in [-0.15, -0.1) is 0 Å². The molecule has 2 rings (SSSR count). The van der Waals surface area contributed by atoms with Gasteiger partial charge in [0.25, 0.3) is 0 Å². The number of para-hydroxylation sites is 1. The molecule has 1 aliphatic heterocycles. The van der Waals surface area contributed by atoms with Crippen LogP contribution in [-0.4, -0.2) is 34.9 Å². The van der Waals surface area contributed by atoms with Crippen LogP contribution in [0.2, 0.25) is 0 Å². The Balaban J connectivity index is 1.67. The van der Waals surface area contributed by atoms with Gasteiger partial charge >= 0.3 is 0 Å². The quantitative estimate of drug-likeness (QED) is 0.798. The molecule has 0 amide bonds. The second-order valence-electron chi connectivity index (χ2n) is 4.85. The van der Waals surface area contributed by atoms with E-state index in [9.17, 15) is 4.21 Å². The Morgan fingerprint density at radius 1 is 1.50 bits per heavy atom. The summed E-state index contributed by atoms with van der Waals surface area (Å²) in [6, 6.07) is 8.21. The van der Waals surface area contributed by atoms with Crippen molar-refractivity contribution >= 4 is 10.8 Å². The molecule has 1 N–H and O–H groups in total. The zero-order chi connectivity index (χ0) is 13.0. The van der Waals surface area contributed by atoms with Crippen molar-refractivity contribution in [3.63, 3.8) is 0 Å². The highest BCUT2D eigenvalue weighted by molar-refractivity contribution is 7.84. The number of ether oxygens (including phenoxy) is 1. The second-order valence-corrected chi connectivity index (χ2v) is 6.66. The van der Waals surface area contributed by atoms with E-state index < -0.39 is 10.8 Å². The first-order valence-corrected chi connectivity index (χ1v) is 8.06. The van der Waals surface area contributed by atoms with Gasteiger partial charge in [-0.1, -0.05) is 25.1 Å². The summed E-state index contributed by atoms with van der Waals surface area (Å²) in [6.45, 7) is 3.79. The summed E-state index contributed by atoms with van der Waals surface area (Å²) in [6.07, 6.45) is 3.94. The van der Waals surface area contributed by atoms with E-state index in [1.807, 2.05) is 19.1 Å². The van der Waals surface area contributed by atoms with Gasteiger partial charge < -0.3 is 10.1 Å². The summed E-state index contributed by atoms with van der Waals surface area (Å²) in [5.74, 6) is 1.02. The summed E-state index contributed by atoms with van der Waals surface area (Å²) >= 11 is 0. The van der Waals surface area contributed by atoms with Crippen LogP contribution in [0.3, 0.4) is 0 Å². The van der Waals surface area contributed by atoms with Gasteiger partial charge in [-0.25, -0.2) is 0 Å². The Labute approximate surface area is 111 Å². The average molecular weight is 267 g/mol. The van der Waals surface area contributed by atoms with Crippen molar-refractivity contribution in [2.75, 3.05) is 19.3 Å². The van der Waals surface area contributed by atoms with E-state index in [1.54, 1.807) is 6.26 Å². The average Bonchev–Trinajstić information content (AvgIpc) is 2.76. The molecular formula is C14H21NO2S. The van der Waals surface area contributed by atoms with Gasteiger partial charge in [0.05, 0.1) is 0 Å². The Kier molecular flexibility index (Phi) is 4.78. The summed E-state index contributed by atoms with van der Waals surface area (Å²) in [7, 11) is -0.720. The fourth-order valence-electron chi connectivity index (χ4n) is 2.10. The molecule has 100 valence electrons. The first-order chi connectivity index (χ1) is 8.66. The van der Waals surface area contributed by atoms with E-state index >= 15 is 0 Å². The number of rotatable bonds is 6. The highest BCUT2D eigenvalue weighted by Gasteiger charge is 2.21. The van der Waals surface area contributed by atoms with E-state index in [0.29, 0.717) is 0 Å². The van der Waals surface area contributed by atoms with Gasteiger partial charge in [0.2, 0.25) is 0 Å². The van der Waals surface area contributed by atoms with Crippen LogP contribution < -0.4 is 10.1 Å². The number of hydrogen-bond donors (Lipinski definition) is 1. The van der Waals surface area contributed by atoms with Crippen LogP contribution in [0, 0.1) is 0 Å². The Hall–Kier alpha value is -0.870. The number of fused-ring (bicyclic) bond motifs is 1. The van der Waals surface area contributed by atoms with E-state index in [4.69, 9.17) is 4.74 Å². The maximum Gasteiger partial charge on any atom is 0.123 e. The smallest absolute Gasteiger partial charge is 0.123 e. The molecule has 0 aliphatic carbocycles. The standard InChI is InChI=1S/C14H21NO2S/c1-11(18(2)16)7-8-15-10-13-9-12-5-3-4-6-14(12)17-13/h3-6,11,13,15H,7-10H2,1-2H3. The topological polar surface area (TPSA) is 38.3 Å². The minimum absolute atomic E-state index is 0.241. The third-order valence-electron chi connectivity index (χ3n) is 3.38. The van der Waals surface area contributed by atoms with E-state index in [0.717, 1.165) is 31.7 Å². The van der Waals surface area contributed by atoms with Gasteiger partial charge in [0, 0.05) is 35.3 Å². The normalized spacial score (nSPS) is 21.1. The van der Waals surface area contributed by atoms with Crippen LogP contribution >= 0.6 is 0 Å². The van der Waals surface area contributed by atoms with Crippen LogP contribution in [0.5, 0.6) is 5.75 Å². The van der Waals surface area contributed by atoms with Crippen LogP contribution in [0.15, 0.2) is 24.3 Å². The van der Waals surface area contributed by atoms with Crippen LogP contribution in [0.25, 0.3) is 0 Å². The SMILES string of the molecule is CC(CCNCC1Cc2ccccc2O1)S(C)=O. The maximum atomic E-state index is 11.2. The second kappa shape index (κ2) is 6.34. The number of benzene rings is 1. The Morgan fingerprint density at radius 3 is 3.00 bits per heavy atom. The predicted molar refractivity (Wildman–Crippen MR) is 75.6 cm³/mol. The lowest BCUT2D eigenvalue weighted by molar-refractivity contribution is 0.227. The first kappa shape index (κ1) is 13.6. The van der Waals surface area contributed by atoms with Crippen molar-refractivity contribution in [1.82, 2.24) is 5.32 Å². The summed E-state index contributed by atoms with van der Waals surface area (Å²) in [4.78, 5) is 0. The van der Waals surface area contributed by atoms with Gasteiger partial charge in [-0.05, 0) is 24.6 Å². The van der Waals surface area contributed by atoms with Crippen LogP contribution in [0.4, 0.5) is 0 Å². The van der Waals surface area contributed by atoms with Gasteiger partial charge in [-0.2, -0.15) is 0 Å². The van der Waals surface area contributed by atoms with Crippen molar-refractivity contribution in [2.45, 2.75) is 31.1 Å². The van der Waals surface area contributed by atoms with E-state index in [1.165, 1.54) is 5.56 Å². The zero-order valence-corrected chi connectivity index (χ0v) is 11.8. The molecule has 1 aliphatic rings. The molecule has 0 spiro atoms. The van der Waals surface area contributed by atoms with Crippen molar-refractivity contribution < 1.29 is 8.95 Å². The molecule has 0 aromatic heterocycles. The summed E-state index contributed by atoms with van der Waals surface area (Å²) < 4.78 is 17.0. The first-order valence-electron chi connectivity index (χ1n) is 6.44. The lowest BCUT2D eigenvalue weighted by atomic mass is 10.1. The molecule has 0 radical (unpaired) electrons. The largest absolute Gasteiger partial charge is 0.488 e. The van der Waals surface area contributed by atoms with Crippen molar-refractivity contribution in [3.8, 4) is 5.75 Å². The minimum Gasteiger partial charge on any atom is -0.488 e. The molecule has 3 unspecified atom stereocenters. The Morgan fingerprint density at radius 2 is 2.28 bits per heavy atom. The third kappa shape index (κ3) is 3.56. The molecule has 0 bridgehead atoms. The fourth-order valence-corrected chi connectivity index (χ4v) is 2.55. The fraction of sp³-hybridized carbons (Fsp3) is 0.571. The molecule has 0 saturated heterocycles. The molecular weight excluding hydrogens is 246 g/mol. The molecule has 1 heterocycles. The summed E-state index contributed by atoms with van der Waals surface area (Å²) in [5, 5.41) is 3.65. The third-order valence-corrected chi connectivity index (χ3v) is 4.75. The molecule has 3 nitrogen and oxygen atoms in total. The molecule has 4 heteroatoms. The highest BCUT2D eigenvalue weighted by atomic mass is 32.2. The number of nitrogens with one attached hydrogen (secondary N) is 1. The monoisotopic (exact) mass is 267 g/mol. The van der Waals surface area contributed by atoms with Gasteiger partial charge in [0.1, 0.15) is 11.9 Å². The highest BCUT2D eigenvalue weighted by Crippen LogP contribution is 2.27. The maximum absolute atomic E-state index is 11.2. The molecule has 1 aromatic rings. The van der Waals surface area contributed by atoms with Gasteiger partial charge in [-0.3, -0.25) is 4.21 Å². The van der Waals surface area contributed by atoms with Crippen molar-refractivity contribution in [3.05, 3.63) is 29.8 Å². The minimum atomic E-state index is -0.720. The van der Waals surface area contributed by atoms with Crippen LogP contribution in [-0.2, 0) is 17.2 Å². The Bertz CT molecular complexity index is 397. The predicted octanol–water partition coefficient (Wildman–Crippen LogP) is 1.74. The van der Waals surface area contributed by atoms with Gasteiger partial charge in [0.15, 0.2) is 0 Å². The lowest BCUT2D eigenvalue weighted by Crippen LogP contribution is -2.32. The molecule has 3 atom stereocenters. The van der Waals surface area contributed by atoms with Crippen molar-refractivity contribution in [1.29, 1.82) is 0 Å². The summed E-state index contributed by atoms with van der Waals surface area (Å²) in [5.41, 5.74) is 1.30. The van der Waals surface area contributed by atoms with E-state index in [2.05, 4.69) is 17.4 Å². The molecule has 0 fully saturated rings. The van der Waals surface area contributed by atoms with E-state index in [-0.39, 0.29) is 11.4 Å². The van der Waals surface area contributed by atoms with Crippen molar-refractivity contribution in [2.24, 2.45) is 0 Å². The van der Waals surface area contributed by atoms with Crippen LogP contribution in [0.1, 0.15) is 18.9 Å². The molecule has 1 aromatic carbocycles. The zero-order valence-electron chi connectivity index (χ0n) is 11.0. The lowest BCUT2D eigenvalue weighted by Gasteiger charge is -2.13.